The Morgan fingerprint density at radius 3 is 2.82 bits per heavy atom. The SMILES string of the molecule is CC(NC(=O)c1cccc(OCC(=O)O)c1)C1CCOCC1. The van der Waals surface area contributed by atoms with Gasteiger partial charge in [0.25, 0.3) is 5.91 Å². The lowest BCUT2D eigenvalue weighted by Gasteiger charge is -2.28. The van der Waals surface area contributed by atoms with Gasteiger partial charge in [0.05, 0.1) is 0 Å². The molecule has 1 saturated heterocycles. The van der Waals surface area contributed by atoms with E-state index in [9.17, 15) is 9.59 Å². The van der Waals surface area contributed by atoms with E-state index < -0.39 is 12.6 Å². The summed E-state index contributed by atoms with van der Waals surface area (Å²) in [6.45, 7) is 3.05. The average molecular weight is 307 g/mol. The Kier molecular flexibility index (Phi) is 5.77. The van der Waals surface area contributed by atoms with Crippen molar-refractivity contribution in [3.63, 3.8) is 0 Å². The maximum atomic E-state index is 12.3. The number of hydrogen-bond donors (Lipinski definition) is 2. The lowest BCUT2D eigenvalue weighted by molar-refractivity contribution is -0.139. The number of ether oxygens (including phenoxy) is 2. The normalized spacial score (nSPS) is 16.8. The number of amides is 1. The van der Waals surface area contributed by atoms with Crippen LogP contribution in [0.1, 0.15) is 30.1 Å². The fraction of sp³-hybridized carbons (Fsp3) is 0.500. The highest BCUT2D eigenvalue weighted by atomic mass is 16.5. The first kappa shape index (κ1) is 16.3. The first-order valence-corrected chi connectivity index (χ1v) is 7.39. The van der Waals surface area contributed by atoms with E-state index >= 15 is 0 Å². The monoisotopic (exact) mass is 307 g/mol. The third-order valence-electron chi connectivity index (χ3n) is 3.79. The number of nitrogens with one attached hydrogen (secondary N) is 1. The van der Waals surface area contributed by atoms with Crippen LogP contribution in [-0.4, -0.2) is 42.8 Å². The Bertz CT molecular complexity index is 525. The van der Waals surface area contributed by atoms with Gasteiger partial charge in [-0.25, -0.2) is 4.79 Å². The molecule has 1 aromatic carbocycles. The number of rotatable bonds is 6. The molecule has 2 rings (SSSR count). The Labute approximate surface area is 129 Å². The summed E-state index contributed by atoms with van der Waals surface area (Å²) in [5.41, 5.74) is 0.460. The maximum absolute atomic E-state index is 12.3. The molecule has 0 spiro atoms. The highest BCUT2D eigenvalue weighted by molar-refractivity contribution is 5.94. The number of carboxylic acid groups (broad SMARTS) is 1. The van der Waals surface area contributed by atoms with Gasteiger partial charge in [-0.3, -0.25) is 4.79 Å². The molecule has 0 bridgehead atoms. The molecule has 0 saturated carbocycles. The van der Waals surface area contributed by atoms with E-state index in [1.165, 1.54) is 0 Å². The number of aliphatic carboxylic acids is 1. The molecular formula is C16H21NO5. The van der Waals surface area contributed by atoms with Gasteiger partial charge in [-0.1, -0.05) is 6.07 Å². The quantitative estimate of drug-likeness (QED) is 0.835. The van der Waals surface area contributed by atoms with Crippen molar-refractivity contribution in [2.24, 2.45) is 5.92 Å². The fourth-order valence-electron chi connectivity index (χ4n) is 2.50. The molecule has 2 N–H and O–H groups in total. The summed E-state index contributed by atoms with van der Waals surface area (Å²) >= 11 is 0. The van der Waals surface area contributed by atoms with E-state index in [0.717, 1.165) is 26.1 Å². The molecule has 0 aliphatic carbocycles. The van der Waals surface area contributed by atoms with Crippen molar-refractivity contribution in [3.8, 4) is 5.75 Å². The maximum Gasteiger partial charge on any atom is 0.341 e. The van der Waals surface area contributed by atoms with Crippen LogP contribution in [0.25, 0.3) is 0 Å². The molecule has 1 aliphatic rings. The molecule has 1 unspecified atom stereocenters. The minimum absolute atomic E-state index is 0.0694. The Balaban J connectivity index is 1.93. The van der Waals surface area contributed by atoms with Crippen molar-refractivity contribution >= 4 is 11.9 Å². The predicted octanol–water partition coefficient (Wildman–Crippen LogP) is 1.69. The molecule has 6 heteroatoms. The smallest absolute Gasteiger partial charge is 0.341 e. The summed E-state index contributed by atoms with van der Waals surface area (Å²) < 4.78 is 10.4. The number of hydrogen-bond acceptors (Lipinski definition) is 4. The zero-order chi connectivity index (χ0) is 15.9. The number of carbonyl (C=O) groups is 2. The van der Waals surface area contributed by atoms with Crippen LogP contribution in [0.5, 0.6) is 5.75 Å². The summed E-state index contributed by atoms with van der Waals surface area (Å²) in [5.74, 6) is -0.444. The van der Waals surface area contributed by atoms with Crippen LogP contribution in [0, 0.1) is 5.92 Å². The van der Waals surface area contributed by atoms with Crippen LogP contribution < -0.4 is 10.1 Å². The van der Waals surface area contributed by atoms with Crippen molar-refractivity contribution in [3.05, 3.63) is 29.8 Å². The van der Waals surface area contributed by atoms with E-state index in [2.05, 4.69) is 5.32 Å². The topological polar surface area (TPSA) is 84.9 Å². The lowest BCUT2D eigenvalue weighted by Crippen LogP contribution is -2.40. The van der Waals surface area contributed by atoms with Crippen molar-refractivity contribution in [1.82, 2.24) is 5.32 Å². The van der Waals surface area contributed by atoms with E-state index in [1.54, 1.807) is 24.3 Å². The second kappa shape index (κ2) is 7.79. The van der Waals surface area contributed by atoms with Gasteiger partial charge in [-0.15, -0.1) is 0 Å². The minimum atomic E-state index is -1.05. The van der Waals surface area contributed by atoms with Gasteiger partial charge in [0.2, 0.25) is 0 Å². The Morgan fingerprint density at radius 2 is 2.14 bits per heavy atom. The number of carbonyl (C=O) groups excluding carboxylic acids is 1. The summed E-state index contributed by atoms with van der Waals surface area (Å²) in [5, 5.41) is 11.6. The molecule has 120 valence electrons. The van der Waals surface area contributed by atoms with Gasteiger partial charge < -0.3 is 19.9 Å². The van der Waals surface area contributed by atoms with Crippen LogP contribution in [0.3, 0.4) is 0 Å². The third kappa shape index (κ3) is 4.73. The molecular weight excluding hydrogens is 286 g/mol. The van der Waals surface area contributed by atoms with E-state index in [4.69, 9.17) is 14.6 Å². The van der Waals surface area contributed by atoms with Crippen molar-refractivity contribution in [2.75, 3.05) is 19.8 Å². The van der Waals surface area contributed by atoms with Gasteiger partial charge in [0.1, 0.15) is 5.75 Å². The van der Waals surface area contributed by atoms with Crippen LogP contribution >= 0.6 is 0 Å². The number of benzene rings is 1. The zero-order valence-electron chi connectivity index (χ0n) is 12.6. The molecule has 1 aromatic rings. The molecule has 22 heavy (non-hydrogen) atoms. The largest absolute Gasteiger partial charge is 0.482 e. The molecule has 1 fully saturated rings. The van der Waals surface area contributed by atoms with Crippen molar-refractivity contribution in [1.29, 1.82) is 0 Å². The van der Waals surface area contributed by atoms with Crippen LogP contribution in [0.15, 0.2) is 24.3 Å². The fourth-order valence-corrected chi connectivity index (χ4v) is 2.50. The van der Waals surface area contributed by atoms with Crippen LogP contribution in [-0.2, 0) is 9.53 Å². The number of carboxylic acids is 1. The summed E-state index contributed by atoms with van der Waals surface area (Å²) in [6.07, 6.45) is 1.90. The first-order valence-electron chi connectivity index (χ1n) is 7.39. The van der Waals surface area contributed by atoms with Crippen LogP contribution in [0.4, 0.5) is 0 Å². The van der Waals surface area contributed by atoms with E-state index in [1.807, 2.05) is 6.92 Å². The predicted molar refractivity (Wildman–Crippen MR) is 80.0 cm³/mol. The molecule has 1 heterocycles. The average Bonchev–Trinajstić information content (AvgIpc) is 2.54. The third-order valence-corrected chi connectivity index (χ3v) is 3.79. The van der Waals surface area contributed by atoms with Gasteiger partial charge in [-0.05, 0) is 43.9 Å². The summed E-state index contributed by atoms with van der Waals surface area (Å²) in [7, 11) is 0. The Hall–Kier alpha value is -2.08. The molecule has 6 nitrogen and oxygen atoms in total. The molecule has 0 radical (unpaired) electrons. The lowest BCUT2D eigenvalue weighted by atomic mass is 9.93. The van der Waals surface area contributed by atoms with E-state index in [0.29, 0.717) is 17.2 Å². The summed E-state index contributed by atoms with van der Waals surface area (Å²) in [6, 6.07) is 6.60. The standard InChI is InChI=1S/C16H21NO5/c1-11(12-5-7-21-8-6-12)17-16(20)13-3-2-4-14(9-13)22-10-15(18)19/h2-4,9,11-12H,5-8,10H2,1H3,(H,17,20)(H,18,19). The van der Waals surface area contributed by atoms with Gasteiger partial charge in [-0.2, -0.15) is 0 Å². The molecule has 1 amide bonds. The van der Waals surface area contributed by atoms with Crippen molar-refractivity contribution < 1.29 is 24.2 Å². The highest BCUT2D eigenvalue weighted by Gasteiger charge is 2.22. The Morgan fingerprint density at radius 1 is 1.41 bits per heavy atom. The molecule has 0 aromatic heterocycles. The molecule has 1 atom stereocenters. The second-order valence-corrected chi connectivity index (χ2v) is 5.42. The van der Waals surface area contributed by atoms with Gasteiger partial charge in [0, 0.05) is 24.8 Å². The van der Waals surface area contributed by atoms with Gasteiger partial charge >= 0.3 is 5.97 Å². The second-order valence-electron chi connectivity index (χ2n) is 5.42. The van der Waals surface area contributed by atoms with Crippen LogP contribution in [0.2, 0.25) is 0 Å². The zero-order valence-corrected chi connectivity index (χ0v) is 12.6. The van der Waals surface area contributed by atoms with Gasteiger partial charge in [0.15, 0.2) is 6.61 Å². The summed E-state index contributed by atoms with van der Waals surface area (Å²) in [4.78, 5) is 22.8. The minimum Gasteiger partial charge on any atom is -0.482 e. The molecule has 1 aliphatic heterocycles. The highest BCUT2D eigenvalue weighted by Crippen LogP contribution is 2.19. The van der Waals surface area contributed by atoms with Crippen molar-refractivity contribution in [2.45, 2.75) is 25.8 Å². The van der Waals surface area contributed by atoms with E-state index in [-0.39, 0.29) is 11.9 Å². The first-order chi connectivity index (χ1) is 10.6.